The Morgan fingerprint density at radius 3 is 1.80 bits per heavy atom. The molecule has 1 saturated heterocycles. The number of hydrogen-bond donors (Lipinski definition) is 2. The van der Waals surface area contributed by atoms with Crippen LogP contribution in [0.15, 0.2) is 48.5 Å². The fraction of sp³-hybridized carbons (Fsp3) is 0.389. The summed E-state index contributed by atoms with van der Waals surface area (Å²) >= 11 is 12.2. The molecule has 0 saturated carbocycles. The maximum absolute atomic E-state index is 13.2. The van der Waals surface area contributed by atoms with Gasteiger partial charge in [-0.15, -0.1) is 0 Å². The third kappa shape index (κ3) is 10.5. The normalized spacial score (nSPS) is 14.4. The topological polar surface area (TPSA) is 101 Å². The highest BCUT2D eigenvalue weighted by atomic mass is 35.5. The molecule has 2 aromatic carbocycles. The number of fused-ring (bicyclic) bond motifs is 2. The number of anilines is 2. The summed E-state index contributed by atoms with van der Waals surface area (Å²) in [5.41, 5.74) is 8.62. The number of halogens is 6. The van der Waals surface area contributed by atoms with E-state index in [-0.39, 0.29) is 17.3 Å². The van der Waals surface area contributed by atoms with Gasteiger partial charge in [-0.1, -0.05) is 23.2 Å². The minimum Gasteiger partial charge on any atom is -0.461 e. The van der Waals surface area contributed by atoms with Crippen molar-refractivity contribution in [2.45, 2.75) is 71.4 Å². The first-order valence-corrected chi connectivity index (χ1v) is 17.2. The van der Waals surface area contributed by atoms with Crippen LogP contribution >= 0.6 is 23.2 Å². The van der Waals surface area contributed by atoms with E-state index in [1.54, 1.807) is 13.0 Å². The number of carbonyl (C=O) groups excluding carboxylic acids is 2. The summed E-state index contributed by atoms with van der Waals surface area (Å²) in [5.74, 6) is -4.46. The first kappa shape index (κ1) is 38.8. The molecule has 4 aromatic rings. The molecule has 0 spiro atoms. The average molecular weight is 740 g/mol. The van der Waals surface area contributed by atoms with E-state index in [0.29, 0.717) is 28.0 Å². The number of esters is 1. The molecule has 0 bridgehead atoms. The number of nitrogens with zero attached hydrogens (tertiary/aromatic N) is 2. The molecule has 0 unspecified atom stereocenters. The molecule has 5 heterocycles. The lowest BCUT2D eigenvalue weighted by molar-refractivity contribution is 0.0512. The van der Waals surface area contributed by atoms with Gasteiger partial charge in [0.25, 0.3) is 5.91 Å². The van der Waals surface area contributed by atoms with Crippen molar-refractivity contribution >= 4 is 46.5 Å². The van der Waals surface area contributed by atoms with Gasteiger partial charge in [0.05, 0.1) is 16.7 Å². The van der Waals surface area contributed by atoms with Gasteiger partial charge in [0, 0.05) is 55.1 Å². The van der Waals surface area contributed by atoms with Gasteiger partial charge in [-0.3, -0.25) is 4.79 Å². The molecule has 14 heteroatoms. The number of benzene rings is 2. The van der Waals surface area contributed by atoms with Gasteiger partial charge < -0.3 is 29.7 Å². The monoisotopic (exact) mass is 738 g/mol. The van der Waals surface area contributed by atoms with Crippen LogP contribution in [-0.4, -0.2) is 40.8 Å². The molecule has 0 atom stereocenters. The molecule has 2 aromatic heterocycles. The van der Waals surface area contributed by atoms with Crippen LogP contribution < -0.4 is 11.1 Å². The van der Waals surface area contributed by atoms with Crippen LogP contribution in [0.4, 0.5) is 28.9 Å². The van der Waals surface area contributed by atoms with Crippen LogP contribution in [0.2, 0.25) is 10.0 Å². The number of ether oxygens (including phenoxy) is 2. The number of nitrogen functional groups attached to an aromatic ring is 1. The van der Waals surface area contributed by atoms with Crippen LogP contribution in [0.5, 0.6) is 0 Å². The lowest BCUT2D eigenvalue weighted by Crippen LogP contribution is -2.20. The molecule has 0 radical (unpaired) electrons. The summed E-state index contributed by atoms with van der Waals surface area (Å²) in [4.78, 5) is 24.0. The lowest BCUT2D eigenvalue weighted by Gasteiger charge is -2.17. The third-order valence-corrected chi connectivity index (χ3v) is 8.61. The molecule has 0 aliphatic carbocycles. The maximum atomic E-state index is 13.2. The van der Waals surface area contributed by atoms with Crippen molar-refractivity contribution in [2.24, 2.45) is 0 Å². The van der Waals surface area contributed by atoms with Crippen molar-refractivity contribution in [1.29, 1.82) is 0 Å². The SMILES string of the molecule is C1CCOC1.CCOC(=O)c1c(Cl)cc2n1CCCC2.Nc1ccc(F)c(F)c1.O=C(Nc1ccc(F)c(F)c1)c1c(Cl)cc2n1CCCC2. The summed E-state index contributed by atoms with van der Waals surface area (Å²) in [6.07, 6.45) is 8.78. The van der Waals surface area contributed by atoms with E-state index in [1.165, 1.54) is 31.4 Å². The number of aryl methyl sites for hydroxylation is 2. The van der Waals surface area contributed by atoms with E-state index < -0.39 is 29.2 Å². The van der Waals surface area contributed by atoms with Crippen molar-refractivity contribution < 1.29 is 36.6 Å². The predicted molar refractivity (Wildman–Crippen MR) is 186 cm³/mol. The standard InChI is InChI=1S/C15H13ClF2N2O.C11H14ClNO2.C6H5F2N.C4H8O/c16-11-8-10-3-1-2-6-20(10)14(11)15(21)19-9-4-5-12(17)13(18)7-9;1-2-15-11(14)10-9(12)7-8-5-3-4-6-13(8)10;7-5-2-1-4(9)3-6(5)8;1-2-4-5-3-1/h4-5,7-8H,1-3,6H2,(H,19,21);7H,2-6H2,1H3;1-3H,9H2;1-4H2. The first-order chi connectivity index (χ1) is 24.0. The minimum atomic E-state index is -1.00. The average Bonchev–Trinajstić information content (AvgIpc) is 3.85. The van der Waals surface area contributed by atoms with E-state index in [0.717, 1.165) is 94.1 Å². The second-order valence-electron chi connectivity index (χ2n) is 11.7. The highest BCUT2D eigenvalue weighted by Gasteiger charge is 2.24. The fourth-order valence-electron chi connectivity index (χ4n) is 5.63. The van der Waals surface area contributed by atoms with Crippen molar-refractivity contribution in [1.82, 2.24) is 9.13 Å². The molecule has 3 aliphatic rings. The smallest absolute Gasteiger partial charge is 0.356 e. The lowest BCUT2D eigenvalue weighted by atomic mass is 10.1. The van der Waals surface area contributed by atoms with E-state index >= 15 is 0 Å². The van der Waals surface area contributed by atoms with E-state index in [9.17, 15) is 27.2 Å². The Morgan fingerprint density at radius 1 is 0.760 bits per heavy atom. The zero-order chi connectivity index (χ0) is 36.2. The van der Waals surface area contributed by atoms with Crippen LogP contribution in [0, 0.1) is 23.3 Å². The van der Waals surface area contributed by atoms with Crippen LogP contribution in [-0.2, 0) is 35.4 Å². The summed E-state index contributed by atoms with van der Waals surface area (Å²) in [6, 6.07) is 10.1. The largest absolute Gasteiger partial charge is 0.461 e. The quantitative estimate of drug-likeness (QED) is 0.124. The molecule has 3 N–H and O–H groups in total. The molecular formula is C36H40Cl2F4N4O4. The predicted octanol–water partition coefficient (Wildman–Crippen LogP) is 9.01. The number of hydrogen-bond acceptors (Lipinski definition) is 5. The Kier molecular flexibility index (Phi) is 14.6. The van der Waals surface area contributed by atoms with Crippen LogP contribution in [0.3, 0.4) is 0 Å². The van der Waals surface area contributed by atoms with Gasteiger partial charge in [-0.05, 0) is 101 Å². The Bertz CT molecular complexity index is 1770. The Balaban J connectivity index is 0.000000168. The molecular weight excluding hydrogens is 699 g/mol. The van der Waals surface area contributed by atoms with Crippen molar-refractivity contribution in [2.75, 3.05) is 30.9 Å². The molecule has 1 fully saturated rings. The fourth-order valence-corrected chi connectivity index (χ4v) is 6.25. The number of aromatic nitrogens is 2. The zero-order valence-corrected chi connectivity index (χ0v) is 29.2. The van der Waals surface area contributed by atoms with Crippen molar-refractivity contribution in [3.8, 4) is 0 Å². The number of carbonyl (C=O) groups is 2. The Morgan fingerprint density at radius 2 is 1.30 bits per heavy atom. The number of rotatable bonds is 4. The summed E-state index contributed by atoms with van der Waals surface area (Å²) in [6.45, 7) is 5.79. The maximum Gasteiger partial charge on any atom is 0.356 e. The van der Waals surface area contributed by atoms with Crippen molar-refractivity contribution in [3.63, 3.8) is 0 Å². The molecule has 1 amide bonds. The van der Waals surface area contributed by atoms with E-state index in [4.69, 9.17) is 38.4 Å². The van der Waals surface area contributed by atoms with Crippen LogP contribution in [0.1, 0.15) is 77.8 Å². The zero-order valence-electron chi connectivity index (χ0n) is 27.7. The summed E-state index contributed by atoms with van der Waals surface area (Å²) in [5, 5.41) is 3.45. The molecule has 270 valence electrons. The van der Waals surface area contributed by atoms with Gasteiger partial charge in [-0.2, -0.15) is 0 Å². The summed E-state index contributed by atoms with van der Waals surface area (Å²) < 4.78 is 64.1. The molecule has 3 aliphatic heterocycles. The van der Waals surface area contributed by atoms with Gasteiger partial charge in [0.15, 0.2) is 23.3 Å². The number of nitrogens with two attached hydrogens (primary N) is 1. The van der Waals surface area contributed by atoms with Gasteiger partial charge in [-0.25, -0.2) is 22.4 Å². The number of amides is 1. The summed E-state index contributed by atoms with van der Waals surface area (Å²) in [7, 11) is 0. The van der Waals surface area contributed by atoms with Crippen molar-refractivity contribution in [3.05, 3.63) is 105 Å². The second kappa shape index (κ2) is 18.8. The first-order valence-electron chi connectivity index (χ1n) is 16.5. The second-order valence-corrected chi connectivity index (χ2v) is 12.5. The highest BCUT2D eigenvalue weighted by Crippen LogP contribution is 2.28. The molecule has 7 rings (SSSR count). The van der Waals surface area contributed by atoms with Crippen LogP contribution in [0.25, 0.3) is 0 Å². The van der Waals surface area contributed by atoms with E-state index in [2.05, 4.69) is 5.32 Å². The van der Waals surface area contributed by atoms with E-state index in [1.807, 2.05) is 15.2 Å². The minimum absolute atomic E-state index is 0.196. The molecule has 50 heavy (non-hydrogen) atoms. The highest BCUT2D eigenvalue weighted by molar-refractivity contribution is 6.34. The van der Waals surface area contributed by atoms with Gasteiger partial charge >= 0.3 is 5.97 Å². The Hall–Kier alpha value is -4.00. The third-order valence-electron chi connectivity index (χ3n) is 8.03. The van der Waals surface area contributed by atoms with Gasteiger partial charge in [0.2, 0.25) is 0 Å². The molecule has 8 nitrogen and oxygen atoms in total. The Labute approximate surface area is 298 Å². The van der Waals surface area contributed by atoms with Gasteiger partial charge in [0.1, 0.15) is 11.4 Å². The number of nitrogens with one attached hydrogen (secondary N) is 1.